The molecule has 0 radical (unpaired) electrons. The van der Waals surface area contributed by atoms with E-state index in [2.05, 4.69) is 5.32 Å². The first-order chi connectivity index (χ1) is 8.00. The van der Waals surface area contributed by atoms with Crippen LogP contribution >= 0.6 is 0 Å². The number of nitrogens with one attached hydrogen (secondary N) is 1. The van der Waals surface area contributed by atoms with Gasteiger partial charge in [0.2, 0.25) is 0 Å². The molecule has 1 saturated carbocycles. The van der Waals surface area contributed by atoms with Crippen LogP contribution in [0.15, 0.2) is 0 Å². The first-order valence-corrected chi connectivity index (χ1v) is 7.81. The monoisotopic (exact) mass is 261 g/mol. The molecule has 1 atom stereocenters. The highest BCUT2D eigenvalue weighted by Crippen LogP contribution is 2.22. The van der Waals surface area contributed by atoms with Gasteiger partial charge >= 0.3 is 0 Å². The molecule has 6 heteroatoms. The van der Waals surface area contributed by atoms with Crippen molar-refractivity contribution in [2.24, 2.45) is 5.92 Å². The van der Waals surface area contributed by atoms with E-state index in [4.69, 9.17) is 0 Å². The third kappa shape index (κ3) is 3.40. The molecule has 5 nitrogen and oxygen atoms in total. The van der Waals surface area contributed by atoms with Crippen molar-refractivity contribution in [3.05, 3.63) is 0 Å². The number of rotatable bonds is 5. The van der Waals surface area contributed by atoms with Crippen LogP contribution in [0.4, 0.5) is 0 Å². The van der Waals surface area contributed by atoms with Crippen LogP contribution in [0, 0.1) is 5.92 Å². The summed E-state index contributed by atoms with van der Waals surface area (Å²) in [5.74, 6) is 0.471. The average Bonchev–Trinajstić information content (AvgIpc) is 3.10. The zero-order valence-corrected chi connectivity index (χ0v) is 11.5. The van der Waals surface area contributed by atoms with Gasteiger partial charge in [-0.1, -0.05) is 0 Å². The molecule has 1 unspecified atom stereocenters. The summed E-state index contributed by atoms with van der Waals surface area (Å²) in [4.78, 5) is 0. The van der Waals surface area contributed by atoms with Crippen LogP contribution < -0.4 is 5.32 Å². The number of hydrogen-bond donors (Lipinski definition) is 1. The predicted molar refractivity (Wildman–Crippen MR) is 67.9 cm³/mol. The lowest BCUT2D eigenvalue weighted by molar-refractivity contribution is 0.249. The molecule has 0 amide bonds. The molecule has 1 N–H and O–H groups in total. The van der Waals surface area contributed by atoms with E-state index in [9.17, 15) is 8.42 Å². The predicted octanol–water partition coefficient (Wildman–Crippen LogP) is 0.257. The molecule has 0 spiro atoms. The Morgan fingerprint density at radius 3 is 2.59 bits per heavy atom. The van der Waals surface area contributed by atoms with Crippen molar-refractivity contribution < 1.29 is 8.42 Å². The van der Waals surface area contributed by atoms with E-state index in [0.717, 1.165) is 19.4 Å². The van der Waals surface area contributed by atoms with Crippen molar-refractivity contribution in [2.45, 2.75) is 31.7 Å². The minimum Gasteiger partial charge on any atom is -0.314 e. The van der Waals surface area contributed by atoms with Crippen molar-refractivity contribution in [3.8, 4) is 0 Å². The summed E-state index contributed by atoms with van der Waals surface area (Å²) >= 11 is 0. The fourth-order valence-electron chi connectivity index (χ4n) is 2.25. The van der Waals surface area contributed by atoms with Gasteiger partial charge < -0.3 is 5.32 Å². The molecule has 1 aliphatic heterocycles. The Balaban J connectivity index is 1.87. The van der Waals surface area contributed by atoms with Crippen LogP contribution in [0.1, 0.15) is 25.7 Å². The number of piperidine rings is 1. The second-order valence-corrected chi connectivity index (χ2v) is 7.48. The van der Waals surface area contributed by atoms with Crippen LogP contribution in [-0.2, 0) is 10.2 Å². The molecule has 1 aliphatic carbocycles. The average molecular weight is 261 g/mol. The Morgan fingerprint density at radius 1 is 1.29 bits per heavy atom. The zero-order valence-electron chi connectivity index (χ0n) is 10.7. The Hall–Kier alpha value is -0.170. The lowest BCUT2D eigenvalue weighted by Gasteiger charge is -2.33. The minimum absolute atomic E-state index is 0.471. The third-order valence-electron chi connectivity index (χ3n) is 3.54. The van der Waals surface area contributed by atoms with Crippen molar-refractivity contribution in [1.29, 1.82) is 0 Å². The van der Waals surface area contributed by atoms with Crippen molar-refractivity contribution >= 4 is 10.2 Å². The summed E-state index contributed by atoms with van der Waals surface area (Å²) < 4.78 is 27.0. The largest absolute Gasteiger partial charge is 0.314 e. The summed E-state index contributed by atoms with van der Waals surface area (Å²) in [5, 5.41) is 3.49. The topological polar surface area (TPSA) is 52.7 Å². The van der Waals surface area contributed by atoms with E-state index < -0.39 is 10.2 Å². The molecule has 1 saturated heterocycles. The molecule has 2 aliphatic rings. The van der Waals surface area contributed by atoms with Gasteiger partial charge in [-0.2, -0.15) is 17.0 Å². The van der Waals surface area contributed by atoms with Gasteiger partial charge in [0.15, 0.2) is 0 Å². The lowest BCUT2D eigenvalue weighted by Crippen LogP contribution is -2.47. The third-order valence-corrected chi connectivity index (χ3v) is 5.45. The van der Waals surface area contributed by atoms with Crippen LogP contribution in [0.3, 0.4) is 0 Å². The molecule has 1 heterocycles. The highest BCUT2D eigenvalue weighted by atomic mass is 32.2. The van der Waals surface area contributed by atoms with Crippen LogP contribution in [0.25, 0.3) is 0 Å². The maximum Gasteiger partial charge on any atom is 0.281 e. The van der Waals surface area contributed by atoms with Gasteiger partial charge in [0.1, 0.15) is 0 Å². The highest BCUT2D eigenvalue weighted by Gasteiger charge is 2.31. The molecule has 2 rings (SSSR count). The normalized spacial score (nSPS) is 27.6. The standard InChI is InChI=1S/C11H23N3O2S/c1-13(2)17(15,16)14-7-3-4-10(9-14)8-12-11-5-6-11/h10-12H,3-9H2,1-2H3. The van der Waals surface area contributed by atoms with E-state index in [-0.39, 0.29) is 0 Å². The van der Waals surface area contributed by atoms with Crippen molar-refractivity contribution in [3.63, 3.8) is 0 Å². The molecule has 100 valence electrons. The van der Waals surface area contributed by atoms with Gasteiger partial charge in [0.25, 0.3) is 10.2 Å². The van der Waals surface area contributed by atoms with E-state index in [1.165, 1.54) is 17.1 Å². The fraction of sp³-hybridized carbons (Fsp3) is 1.00. The second kappa shape index (κ2) is 5.22. The molecule has 0 aromatic heterocycles. The van der Waals surface area contributed by atoms with E-state index in [1.807, 2.05) is 0 Å². The maximum absolute atomic E-state index is 12.0. The second-order valence-electron chi connectivity index (χ2n) is 5.34. The first-order valence-electron chi connectivity index (χ1n) is 6.41. The van der Waals surface area contributed by atoms with Gasteiger partial charge in [0.05, 0.1) is 0 Å². The van der Waals surface area contributed by atoms with Crippen LogP contribution in [-0.4, -0.2) is 56.8 Å². The van der Waals surface area contributed by atoms with Crippen molar-refractivity contribution in [1.82, 2.24) is 13.9 Å². The highest BCUT2D eigenvalue weighted by molar-refractivity contribution is 7.86. The summed E-state index contributed by atoms with van der Waals surface area (Å²) in [6, 6.07) is 0.704. The lowest BCUT2D eigenvalue weighted by atomic mass is 10.00. The molecule has 17 heavy (non-hydrogen) atoms. The van der Waals surface area contributed by atoms with Crippen LogP contribution in [0.5, 0.6) is 0 Å². The summed E-state index contributed by atoms with van der Waals surface area (Å²) in [5.41, 5.74) is 0. The molecular weight excluding hydrogens is 238 g/mol. The van der Waals surface area contributed by atoms with Gasteiger partial charge in [-0.3, -0.25) is 0 Å². The minimum atomic E-state index is -3.22. The van der Waals surface area contributed by atoms with Gasteiger partial charge in [0, 0.05) is 33.2 Å². The Morgan fingerprint density at radius 2 is 2.00 bits per heavy atom. The molecule has 0 bridgehead atoms. The van der Waals surface area contributed by atoms with E-state index >= 15 is 0 Å². The molecular formula is C11H23N3O2S. The number of hydrogen-bond acceptors (Lipinski definition) is 3. The molecule has 0 aromatic rings. The van der Waals surface area contributed by atoms with Crippen molar-refractivity contribution in [2.75, 3.05) is 33.7 Å². The zero-order chi connectivity index (χ0) is 12.5. The van der Waals surface area contributed by atoms with E-state index in [0.29, 0.717) is 25.0 Å². The van der Waals surface area contributed by atoms with E-state index in [1.54, 1.807) is 18.4 Å². The smallest absolute Gasteiger partial charge is 0.281 e. The molecule has 2 fully saturated rings. The Labute approximate surface area is 104 Å². The summed E-state index contributed by atoms with van der Waals surface area (Å²) in [6.45, 7) is 2.30. The maximum atomic E-state index is 12.0. The van der Waals surface area contributed by atoms with Gasteiger partial charge in [-0.05, 0) is 38.1 Å². The van der Waals surface area contributed by atoms with Crippen LogP contribution in [0.2, 0.25) is 0 Å². The Bertz CT molecular complexity index is 352. The Kier molecular flexibility index (Phi) is 4.07. The quantitative estimate of drug-likeness (QED) is 0.772. The van der Waals surface area contributed by atoms with Gasteiger partial charge in [-0.15, -0.1) is 0 Å². The first kappa shape index (κ1) is 13.3. The number of nitrogens with zero attached hydrogens (tertiary/aromatic N) is 2. The van der Waals surface area contributed by atoms with Gasteiger partial charge in [-0.25, -0.2) is 0 Å². The summed E-state index contributed by atoms with van der Waals surface area (Å²) in [7, 11) is -0.0197. The SMILES string of the molecule is CN(C)S(=O)(=O)N1CCCC(CNC2CC2)C1. The summed E-state index contributed by atoms with van der Waals surface area (Å²) in [6.07, 6.45) is 4.68. The fourth-order valence-corrected chi connectivity index (χ4v) is 3.48. The molecule has 0 aromatic carbocycles.